The molecule has 2 aliphatic rings. The molecule has 0 amide bonds. The van der Waals surface area contributed by atoms with Crippen LogP contribution in [0.25, 0.3) is 0 Å². The van der Waals surface area contributed by atoms with Gasteiger partial charge in [-0.2, -0.15) is 4.98 Å². The fourth-order valence-electron chi connectivity index (χ4n) is 3.17. The van der Waals surface area contributed by atoms with E-state index in [1.54, 1.807) is 0 Å². The van der Waals surface area contributed by atoms with Crippen molar-refractivity contribution in [2.45, 2.75) is 37.7 Å². The molecule has 2 aliphatic heterocycles. The molecule has 0 spiro atoms. The first-order valence-corrected chi connectivity index (χ1v) is 7.67. The number of fused-ring (bicyclic) bond motifs is 1. The van der Waals surface area contributed by atoms with E-state index in [0.717, 1.165) is 37.5 Å². The fraction of sp³-hybridized carbons (Fsp3) is 0.500. The number of rotatable bonds is 3. The second-order valence-corrected chi connectivity index (χ2v) is 5.76. The van der Waals surface area contributed by atoms with Gasteiger partial charge in [-0.1, -0.05) is 23.4 Å². The lowest BCUT2D eigenvalue weighted by atomic mass is 10.0. The lowest BCUT2D eigenvalue weighted by Gasteiger charge is -2.20. The molecule has 2 atom stereocenters. The molecular formula is C16H19N3O2. The van der Waals surface area contributed by atoms with Crippen LogP contribution in [-0.2, 0) is 11.2 Å². The van der Waals surface area contributed by atoms with Crippen LogP contribution >= 0.6 is 0 Å². The Kier molecular flexibility index (Phi) is 3.35. The number of ether oxygens (including phenoxy) is 1. The van der Waals surface area contributed by atoms with Crippen LogP contribution in [0, 0.1) is 0 Å². The van der Waals surface area contributed by atoms with E-state index in [1.165, 1.54) is 18.4 Å². The van der Waals surface area contributed by atoms with Gasteiger partial charge in [-0.25, -0.2) is 0 Å². The van der Waals surface area contributed by atoms with Gasteiger partial charge in [0, 0.05) is 25.3 Å². The third kappa shape index (κ3) is 2.53. The Balaban J connectivity index is 1.50. The molecule has 0 radical (unpaired) electrons. The summed E-state index contributed by atoms with van der Waals surface area (Å²) in [4.78, 5) is 4.59. The van der Waals surface area contributed by atoms with Gasteiger partial charge in [0.15, 0.2) is 5.82 Å². The third-order valence-corrected chi connectivity index (χ3v) is 4.30. The van der Waals surface area contributed by atoms with E-state index in [4.69, 9.17) is 9.26 Å². The van der Waals surface area contributed by atoms with E-state index in [9.17, 15) is 0 Å². The average molecular weight is 285 g/mol. The van der Waals surface area contributed by atoms with Crippen molar-refractivity contribution in [2.24, 2.45) is 0 Å². The second-order valence-electron chi connectivity index (χ2n) is 5.76. The first-order chi connectivity index (χ1) is 10.4. The monoisotopic (exact) mass is 285 g/mol. The van der Waals surface area contributed by atoms with Crippen molar-refractivity contribution in [3.8, 4) is 0 Å². The third-order valence-electron chi connectivity index (χ3n) is 4.30. The highest BCUT2D eigenvalue weighted by Crippen LogP contribution is 2.35. The van der Waals surface area contributed by atoms with E-state index < -0.39 is 0 Å². The minimum Gasteiger partial charge on any atom is -0.384 e. The number of aromatic nitrogens is 2. The summed E-state index contributed by atoms with van der Waals surface area (Å²) in [5.74, 6) is 1.63. The molecule has 1 saturated heterocycles. The van der Waals surface area contributed by atoms with Crippen LogP contribution in [0.2, 0.25) is 0 Å². The van der Waals surface area contributed by atoms with Gasteiger partial charge in [0.1, 0.15) is 0 Å². The SMILES string of the molecule is c1ccc2c(c1)NCC2c1nc(CC2CCCCO2)no1. The Morgan fingerprint density at radius 2 is 2.19 bits per heavy atom. The Morgan fingerprint density at radius 3 is 3.10 bits per heavy atom. The van der Waals surface area contributed by atoms with E-state index in [2.05, 4.69) is 27.6 Å². The zero-order valence-corrected chi connectivity index (χ0v) is 11.9. The van der Waals surface area contributed by atoms with Crippen LogP contribution in [0.3, 0.4) is 0 Å². The van der Waals surface area contributed by atoms with Crippen molar-refractivity contribution in [1.29, 1.82) is 0 Å². The van der Waals surface area contributed by atoms with Gasteiger partial charge in [0.05, 0.1) is 12.0 Å². The fourth-order valence-corrected chi connectivity index (χ4v) is 3.17. The highest BCUT2D eigenvalue weighted by Gasteiger charge is 2.28. The van der Waals surface area contributed by atoms with Gasteiger partial charge >= 0.3 is 0 Å². The van der Waals surface area contributed by atoms with Crippen LogP contribution < -0.4 is 5.32 Å². The molecule has 1 fully saturated rings. The van der Waals surface area contributed by atoms with Crippen LogP contribution in [0.15, 0.2) is 28.8 Å². The van der Waals surface area contributed by atoms with Gasteiger partial charge in [-0.05, 0) is 30.9 Å². The Bertz CT molecular complexity index is 619. The standard InChI is InChI=1S/C16H19N3O2/c1-2-7-14-12(6-1)13(10-17-14)16-18-15(19-21-16)9-11-5-3-4-8-20-11/h1-2,6-7,11,13,17H,3-5,8-10H2. The van der Waals surface area contributed by atoms with Crippen LogP contribution in [0.1, 0.15) is 42.5 Å². The molecule has 0 saturated carbocycles. The van der Waals surface area contributed by atoms with Crippen LogP contribution in [0.4, 0.5) is 5.69 Å². The van der Waals surface area contributed by atoms with Gasteiger partial charge in [0.25, 0.3) is 0 Å². The van der Waals surface area contributed by atoms with Crippen molar-refractivity contribution in [3.63, 3.8) is 0 Å². The first kappa shape index (κ1) is 12.8. The number of anilines is 1. The Morgan fingerprint density at radius 1 is 1.24 bits per heavy atom. The molecule has 2 aromatic rings. The second kappa shape index (κ2) is 5.48. The molecule has 4 rings (SSSR count). The maximum absolute atomic E-state index is 5.74. The van der Waals surface area contributed by atoms with E-state index in [-0.39, 0.29) is 12.0 Å². The van der Waals surface area contributed by atoms with Gasteiger partial charge < -0.3 is 14.6 Å². The summed E-state index contributed by atoms with van der Waals surface area (Å²) in [7, 11) is 0. The summed E-state index contributed by atoms with van der Waals surface area (Å²) in [6.07, 6.45) is 4.50. The zero-order chi connectivity index (χ0) is 14.1. The smallest absolute Gasteiger partial charge is 0.236 e. The highest BCUT2D eigenvalue weighted by molar-refractivity contribution is 5.59. The lowest BCUT2D eigenvalue weighted by molar-refractivity contribution is 0.0153. The zero-order valence-electron chi connectivity index (χ0n) is 11.9. The summed E-state index contributed by atoms with van der Waals surface area (Å²) in [5, 5.41) is 7.52. The minimum absolute atomic E-state index is 0.162. The number of para-hydroxylation sites is 1. The molecule has 0 aliphatic carbocycles. The largest absolute Gasteiger partial charge is 0.384 e. The number of hydrogen-bond acceptors (Lipinski definition) is 5. The predicted molar refractivity (Wildman–Crippen MR) is 78.4 cm³/mol. The van der Waals surface area contributed by atoms with E-state index in [1.807, 2.05) is 12.1 Å². The summed E-state index contributed by atoms with van der Waals surface area (Å²) in [6, 6.07) is 8.29. The molecule has 1 aromatic carbocycles. The van der Waals surface area contributed by atoms with Crippen molar-refractivity contribution in [1.82, 2.24) is 10.1 Å². The summed E-state index contributed by atoms with van der Waals surface area (Å²) in [5.41, 5.74) is 2.40. The topological polar surface area (TPSA) is 60.2 Å². The molecule has 3 heterocycles. The molecule has 0 bridgehead atoms. The number of hydrogen-bond donors (Lipinski definition) is 1. The Hall–Kier alpha value is -1.88. The highest BCUT2D eigenvalue weighted by atomic mass is 16.5. The summed E-state index contributed by atoms with van der Waals surface area (Å²) >= 11 is 0. The quantitative estimate of drug-likeness (QED) is 0.939. The molecular weight excluding hydrogens is 266 g/mol. The predicted octanol–water partition coefficient (Wildman–Crippen LogP) is 2.74. The van der Waals surface area contributed by atoms with Gasteiger partial charge in [0.2, 0.25) is 5.89 Å². The molecule has 1 aromatic heterocycles. The molecule has 1 N–H and O–H groups in total. The van der Waals surface area contributed by atoms with Crippen LogP contribution in [-0.4, -0.2) is 29.4 Å². The number of benzene rings is 1. The molecule has 2 unspecified atom stereocenters. The molecule has 110 valence electrons. The van der Waals surface area contributed by atoms with Gasteiger partial charge in [-0.3, -0.25) is 0 Å². The Labute approximate surface area is 123 Å². The van der Waals surface area contributed by atoms with Crippen molar-refractivity contribution in [3.05, 3.63) is 41.5 Å². The number of nitrogens with one attached hydrogen (secondary N) is 1. The summed E-state index contributed by atoms with van der Waals surface area (Å²) < 4.78 is 11.2. The number of nitrogens with zero attached hydrogens (tertiary/aromatic N) is 2. The van der Waals surface area contributed by atoms with Crippen molar-refractivity contribution < 1.29 is 9.26 Å². The van der Waals surface area contributed by atoms with Crippen molar-refractivity contribution >= 4 is 5.69 Å². The normalized spacial score (nSPS) is 24.6. The average Bonchev–Trinajstić information content (AvgIpc) is 3.14. The van der Waals surface area contributed by atoms with Crippen LogP contribution in [0.5, 0.6) is 0 Å². The van der Waals surface area contributed by atoms with E-state index in [0.29, 0.717) is 5.89 Å². The van der Waals surface area contributed by atoms with Crippen molar-refractivity contribution in [2.75, 3.05) is 18.5 Å². The van der Waals surface area contributed by atoms with Gasteiger partial charge in [-0.15, -0.1) is 0 Å². The minimum atomic E-state index is 0.162. The first-order valence-electron chi connectivity index (χ1n) is 7.67. The summed E-state index contributed by atoms with van der Waals surface area (Å²) in [6.45, 7) is 1.68. The molecule has 21 heavy (non-hydrogen) atoms. The molecule has 5 nitrogen and oxygen atoms in total. The van der Waals surface area contributed by atoms with E-state index >= 15 is 0 Å². The molecule has 5 heteroatoms. The lowest BCUT2D eigenvalue weighted by Crippen LogP contribution is -2.21. The maximum Gasteiger partial charge on any atom is 0.236 e. The maximum atomic E-state index is 5.74.